The van der Waals surface area contributed by atoms with Crippen LogP contribution in [0.3, 0.4) is 0 Å². The molecular weight excluding hydrogens is 477 g/mol. The molecule has 0 saturated heterocycles. The topological polar surface area (TPSA) is 128 Å². The number of thioether (sulfide) groups is 1. The number of aromatic nitrogens is 2. The van der Waals surface area contributed by atoms with Gasteiger partial charge in [-0.15, -0.1) is 0 Å². The molecule has 166 valence electrons. The largest absolute Gasteiger partial charge is 0.417 e. The fraction of sp³-hybridized carbons (Fsp3) is 0.0952. The number of nitrogens with zero attached hydrogens (tertiary/aromatic N) is 4. The molecule has 2 aromatic heterocycles. The third-order valence-corrected chi connectivity index (χ3v) is 5.47. The molecule has 0 unspecified atom stereocenters. The molecule has 1 amide bonds. The van der Waals surface area contributed by atoms with E-state index < -0.39 is 17.6 Å². The van der Waals surface area contributed by atoms with Crippen LogP contribution < -0.4 is 11.1 Å². The highest BCUT2D eigenvalue weighted by molar-refractivity contribution is 8.00. The number of pyridine rings is 2. The fourth-order valence-electron chi connectivity index (χ4n) is 2.76. The van der Waals surface area contributed by atoms with Gasteiger partial charge < -0.3 is 11.1 Å². The minimum atomic E-state index is -4.54. The first-order chi connectivity index (χ1) is 15.6. The second-order valence-corrected chi connectivity index (χ2v) is 7.82. The van der Waals surface area contributed by atoms with Crippen molar-refractivity contribution in [3.8, 4) is 23.3 Å². The van der Waals surface area contributed by atoms with Crippen molar-refractivity contribution in [3.05, 3.63) is 64.3 Å². The fourth-order valence-corrected chi connectivity index (χ4v) is 3.68. The van der Waals surface area contributed by atoms with Gasteiger partial charge in [0.05, 0.1) is 16.9 Å². The van der Waals surface area contributed by atoms with Gasteiger partial charge in [0.1, 0.15) is 34.4 Å². The summed E-state index contributed by atoms with van der Waals surface area (Å²) in [7, 11) is 0. The first-order valence-corrected chi connectivity index (χ1v) is 10.4. The normalized spacial score (nSPS) is 10.8. The van der Waals surface area contributed by atoms with Crippen LogP contribution in [0.4, 0.5) is 24.8 Å². The zero-order valence-electron chi connectivity index (χ0n) is 16.4. The average Bonchev–Trinajstić information content (AvgIpc) is 2.77. The molecule has 0 aliphatic heterocycles. The number of hydrogen-bond donors (Lipinski definition) is 2. The molecule has 0 atom stereocenters. The van der Waals surface area contributed by atoms with E-state index in [-0.39, 0.29) is 39.1 Å². The molecule has 3 rings (SSSR count). The van der Waals surface area contributed by atoms with E-state index in [0.29, 0.717) is 16.8 Å². The van der Waals surface area contributed by atoms with Gasteiger partial charge in [0.25, 0.3) is 0 Å². The lowest BCUT2D eigenvalue weighted by Gasteiger charge is -2.13. The van der Waals surface area contributed by atoms with Crippen molar-refractivity contribution < 1.29 is 18.0 Å². The Labute approximate surface area is 195 Å². The Morgan fingerprint density at radius 2 is 1.79 bits per heavy atom. The van der Waals surface area contributed by atoms with E-state index in [2.05, 4.69) is 15.3 Å². The molecule has 33 heavy (non-hydrogen) atoms. The van der Waals surface area contributed by atoms with Crippen molar-refractivity contribution in [1.29, 1.82) is 10.5 Å². The lowest BCUT2D eigenvalue weighted by Crippen LogP contribution is -2.16. The van der Waals surface area contributed by atoms with Crippen molar-refractivity contribution in [2.75, 3.05) is 16.8 Å². The molecule has 3 N–H and O–H groups in total. The van der Waals surface area contributed by atoms with Crippen molar-refractivity contribution in [1.82, 2.24) is 9.97 Å². The Hall–Kier alpha value is -3.80. The van der Waals surface area contributed by atoms with Gasteiger partial charge in [-0.05, 0) is 29.8 Å². The minimum absolute atomic E-state index is 0.0108. The van der Waals surface area contributed by atoms with E-state index in [1.165, 1.54) is 0 Å². The van der Waals surface area contributed by atoms with Crippen LogP contribution >= 0.6 is 23.4 Å². The van der Waals surface area contributed by atoms with Crippen LogP contribution in [0.25, 0.3) is 11.1 Å². The highest BCUT2D eigenvalue weighted by Gasteiger charge is 2.30. The predicted molar refractivity (Wildman–Crippen MR) is 117 cm³/mol. The van der Waals surface area contributed by atoms with Crippen LogP contribution in [0.15, 0.2) is 47.6 Å². The molecule has 0 radical (unpaired) electrons. The highest BCUT2D eigenvalue weighted by atomic mass is 35.5. The molecule has 1 aromatic carbocycles. The minimum Gasteiger partial charge on any atom is -0.383 e. The van der Waals surface area contributed by atoms with E-state index in [0.717, 1.165) is 23.9 Å². The summed E-state index contributed by atoms with van der Waals surface area (Å²) in [6, 6.07) is 12.2. The number of carbonyl (C=O) groups excluding carboxylic acids is 1. The summed E-state index contributed by atoms with van der Waals surface area (Å²) >= 11 is 6.80. The smallest absolute Gasteiger partial charge is 0.383 e. The lowest BCUT2D eigenvalue weighted by molar-refractivity contribution is -0.137. The van der Waals surface area contributed by atoms with Crippen molar-refractivity contribution in [2.45, 2.75) is 11.2 Å². The number of benzene rings is 1. The summed E-state index contributed by atoms with van der Waals surface area (Å²) in [5.41, 5.74) is 5.81. The van der Waals surface area contributed by atoms with E-state index in [1.807, 2.05) is 12.1 Å². The number of nitrogen functional groups attached to an aromatic ring is 1. The summed E-state index contributed by atoms with van der Waals surface area (Å²) in [6.07, 6.45) is -3.93. The number of halogens is 4. The third-order valence-electron chi connectivity index (χ3n) is 4.25. The molecule has 7 nitrogen and oxygen atoms in total. The predicted octanol–water partition coefficient (Wildman–Crippen LogP) is 4.87. The van der Waals surface area contributed by atoms with Crippen molar-refractivity contribution in [2.24, 2.45) is 0 Å². The Morgan fingerprint density at radius 1 is 1.12 bits per heavy atom. The number of amides is 1. The quantitative estimate of drug-likeness (QED) is 0.490. The molecule has 0 aliphatic carbocycles. The maximum atomic E-state index is 12.6. The summed E-state index contributed by atoms with van der Waals surface area (Å²) in [4.78, 5) is 19.9. The number of carbonyl (C=O) groups is 1. The maximum Gasteiger partial charge on any atom is 0.417 e. The van der Waals surface area contributed by atoms with E-state index in [9.17, 15) is 28.5 Å². The van der Waals surface area contributed by atoms with Crippen molar-refractivity contribution in [3.63, 3.8) is 0 Å². The van der Waals surface area contributed by atoms with Gasteiger partial charge in [-0.3, -0.25) is 4.79 Å². The van der Waals surface area contributed by atoms with Gasteiger partial charge in [-0.2, -0.15) is 23.7 Å². The van der Waals surface area contributed by atoms with Crippen LogP contribution in [0.5, 0.6) is 0 Å². The molecule has 0 aliphatic rings. The molecule has 0 saturated carbocycles. The second-order valence-electron chi connectivity index (χ2n) is 6.42. The molecule has 12 heteroatoms. The van der Waals surface area contributed by atoms with Gasteiger partial charge in [0.2, 0.25) is 5.91 Å². The SMILES string of the molecule is N#Cc1c(N)nc(SCC(=O)Nc2ccc(C(F)(F)F)cn2)c(C#N)c1-c1ccc(Cl)cc1. The standard InChI is InChI=1S/C21H12ClF3N6OS/c22-13-4-1-11(2-5-13)18-14(7-26)19(28)31-20(15(18)8-27)33-10-17(32)30-16-6-3-12(9-29-16)21(23,24)25/h1-6,9H,10H2,(H2,28,31)(H,29,30,32). The highest BCUT2D eigenvalue weighted by Crippen LogP contribution is 2.36. The van der Waals surface area contributed by atoms with Crippen molar-refractivity contribution >= 4 is 40.9 Å². The Kier molecular flexibility index (Phi) is 7.07. The molecule has 3 aromatic rings. The number of nitrogens with one attached hydrogen (secondary N) is 1. The molecular formula is C21H12ClF3N6OS. The molecule has 0 fully saturated rings. The van der Waals surface area contributed by atoms with Crippen LogP contribution in [0.2, 0.25) is 5.02 Å². The number of alkyl halides is 3. The van der Waals surface area contributed by atoms with Crippen LogP contribution in [-0.2, 0) is 11.0 Å². The van der Waals surface area contributed by atoms with Crippen LogP contribution in [0, 0.1) is 22.7 Å². The van der Waals surface area contributed by atoms with Gasteiger partial charge in [-0.25, -0.2) is 9.97 Å². The van der Waals surface area contributed by atoms with Crippen LogP contribution in [0.1, 0.15) is 16.7 Å². The number of hydrogen-bond acceptors (Lipinski definition) is 7. The van der Waals surface area contributed by atoms with Gasteiger partial charge in [0, 0.05) is 16.8 Å². The van der Waals surface area contributed by atoms with E-state index in [1.54, 1.807) is 24.3 Å². The van der Waals surface area contributed by atoms with Crippen LogP contribution in [-0.4, -0.2) is 21.6 Å². The van der Waals surface area contributed by atoms with E-state index >= 15 is 0 Å². The first-order valence-electron chi connectivity index (χ1n) is 8.99. The first kappa shape index (κ1) is 23.9. The number of anilines is 2. The third kappa shape index (κ3) is 5.52. The zero-order chi connectivity index (χ0) is 24.2. The Bertz CT molecular complexity index is 1280. The lowest BCUT2D eigenvalue weighted by atomic mass is 9.97. The Morgan fingerprint density at radius 3 is 2.33 bits per heavy atom. The van der Waals surface area contributed by atoms with Gasteiger partial charge in [0.15, 0.2) is 0 Å². The number of nitrogens with two attached hydrogens (primary N) is 1. The maximum absolute atomic E-state index is 12.6. The molecule has 0 bridgehead atoms. The van der Waals surface area contributed by atoms with Gasteiger partial charge >= 0.3 is 6.18 Å². The monoisotopic (exact) mass is 488 g/mol. The van der Waals surface area contributed by atoms with E-state index in [4.69, 9.17) is 17.3 Å². The summed E-state index contributed by atoms with van der Waals surface area (Å²) in [6.45, 7) is 0. The van der Waals surface area contributed by atoms with Gasteiger partial charge in [-0.1, -0.05) is 35.5 Å². The summed E-state index contributed by atoms with van der Waals surface area (Å²) < 4.78 is 37.9. The Balaban J connectivity index is 1.84. The second kappa shape index (κ2) is 9.77. The molecule has 2 heterocycles. The zero-order valence-corrected chi connectivity index (χ0v) is 18.0. The number of nitriles is 2. The average molecular weight is 489 g/mol. The number of rotatable bonds is 5. The molecule has 0 spiro atoms. The summed E-state index contributed by atoms with van der Waals surface area (Å²) in [5, 5.41) is 22.2. The summed E-state index contributed by atoms with van der Waals surface area (Å²) in [5.74, 6) is -1.01.